The zero-order valence-corrected chi connectivity index (χ0v) is 10.0. The summed E-state index contributed by atoms with van der Waals surface area (Å²) in [7, 11) is 3.65. The molecule has 0 aromatic heterocycles. The third-order valence-electron chi connectivity index (χ3n) is 2.69. The van der Waals surface area contributed by atoms with E-state index in [0.29, 0.717) is 5.92 Å². The van der Waals surface area contributed by atoms with Gasteiger partial charge < -0.3 is 10.1 Å². The summed E-state index contributed by atoms with van der Waals surface area (Å²) in [5.74, 6) is 0.254. The fraction of sp³-hybridized carbons (Fsp3) is 0.538. The van der Waals surface area contributed by atoms with Gasteiger partial charge in [0.25, 0.3) is 0 Å². The Kier molecular flexibility index (Phi) is 6.04. The Morgan fingerprint density at radius 3 is 2.56 bits per heavy atom. The summed E-state index contributed by atoms with van der Waals surface area (Å²) in [6, 6.07) is 6.77. The zero-order chi connectivity index (χ0) is 11.8. The first-order valence-corrected chi connectivity index (χ1v) is 5.67. The van der Waals surface area contributed by atoms with Gasteiger partial charge in [0.1, 0.15) is 5.82 Å². The Morgan fingerprint density at radius 2 is 2.00 bits per heavy atom. The molecule has 1 aromatic carbocycles. The molecule has 0 aliphatic carbocycles. The maximum absolute atomic E-state index is 12.8. The van der Waals surface area contributed by atoms with E-state index in [2.05, 4.69) is 5.32 Å². The lowest BCUT2D eigenvalue weighted by atomic mass is 9.94. The molecule has 0 aliphatic heterocycles. The average molecular weight is 225 g/mol. The van der Waals surface area contributed by atoms with E-state index in [-0.39, 0.29) is 5.82 Å². The molecule has 0 bridgehead atoms. The second-order valence-corrected chi connectivity index (χ2v) is 3.94. The van der Waals surface area contributed by atoms with Crippen LogP contribution in [0.4, 0.5) is 4.39 Å². The lowest BCUT2D eigenvalue weighted by molar-refractivity contribution is 0.190. The van der Waals surface area contributed by atoms with Crippen LogP contribution in [0.1, 0.15) is 24.3 Å². The SMILES string of the molecule is CNCC(CCCOC)c1ccc(F)cc1. The number of hydrogen-bond donors (Lipinski definition) is 1. The molecule has 1 aromatic rings. The van der Waals surface area contributed by atoms with Crippen LogP contribution in [-0.4, -0.2) is 27.3 Å². The van der Waals surface area contributed by atoms with Crippen molar-refractivity contribution >= 4 is 0 Å². The minimum Gasteiger partial charge on any atom is -0.385 e. The first-order valence-electron chi connectivity index (χ1n) is 5.67. The predicted octanol–water partition coefficient (Wildman–Crippen LogP) is 2.56. The molecule has 90 valence electrons. The number of likely N-dealkylation sites (N-methyl/N-ethyl adjacent to an activating group) is 1. The number of methoxy groups -OCH3 is 1. The van der Waals surface area contributed by atoms with Crippen molar-refractivity contribution in [2.24, 2.45) is 0 Å². The van der Waals surface area contributed by atoms with E-state index in [1.807, 2.05) is 19.2 Å². The number of rotatable bonds is 7. The summed E-state index contributed by atoms with van der Waals surface area (Å²) >= 11 is 0. The van der Waals surface area contributed by atoms with E-state index in [4.69, 9.17) is 4.74 Å². The number of halogens is 1. The molecule has 1 atom stereocenters. The van der Waals surface area contributed by atoms with Crippen LogP contribution in [0.25, 0.3) is 0 Å². The normalized spacial score (nSPS) is 12.7. The summed E-state index contributed by atoms with van der Waals surface area (Å²) in [6.07, 6.45) is 2.08. The molecule has 0 saturated heterocycles. The van der Waals surface area contributed by atoms with E-state index in [1.54, 1.807) is 7.11 Å². The molecule has 16 heavy (non-hydrogen) atoms. The Morgan fingerprint density at radius 1 is 1.31 bits per heavy atom. The second-order valence-electron chi connectivity index (χ2n) is 3.94. The van der Waals surface area contributed by atoms with E-state index < -0.39 is 0 Å². The quantitative estimate of drug-likeness (QED) is 0.720. The number of ether oxygens (including phenoxy) is 1. The van der Waals surface area contributed by atoms with Crippen LogP contribution >= 0.6 is 0 Å². The van der Waals surface area contributed by atoms with Crippen LogP contribution < -0.4 is 5.32 Å². The van der Waals surface area contributed by atoms with Gasteiger partial charge in [-0.3, -0.25) is 0 Å². The smallest absolute Gasteiger partial charge is 0.123 e. The Balaban J connectivity index is 2.57. The highest BCUT2D eigenvalue weighted by Gasteiger charge is 2.10. The van der Waals surface area contributed by atoms with Gasteiger partial charge in [-0.2, -0.15) is 0 Å². The first-order chi connectivity index (χ1) is 7.77. The summed E-state index contributed by atoms with van der Waals surface area (Å²) in [6.45, 7) is 1.69. The minimum atomic E-state index is -0.177. The molecular weight excluding hydrogens is 205 g/mol. The van der Waals surface area contributed by atoms with Crippen molar-refractivity contribution in [2.75, 3.05) is 27.3 Å². The average Bonchev–Trinajstić information content (AvgIpc) is 2.29. The summed E-state index contributed by atoms with van der Waals surface area (Å²) < 4.78 is 17.9. The van der Waals surface area contributed by atoms with Crippen LogP contribution in [0.15, 0.2) is 24.3 Å². The van der Waals surface area contributed by atoms with Gasteiger partial charge in [-0.1, -0.05) is 12.1 Å². The third-order valence-corrected chi connectivity index (χ3v) is 2.69. The Hall–Kier alpha value is -0.930. The number of nitrogens with one attached hydrogen (secondary N) is 1. The maximum atomic E-state index is 12.8. The van der Waals surface area contributed by atoms with Gasteiger partial charge in [-0.25, -0.2) is 4.39 Å². The molecule has 3 heteroatoms. The molecule has 1 rings (SSSR count). The van der Waals surface area contributed by atoms with Crippen molar-refractivity contribution in [1.29, 1.82) is 0 Å². The van der Waals surface area contributed by atoms with Gasteiger partial charge >= 0.3 is 0 Å². The van der Waals surface area contributed by atoms with Crippen molar-refractivity contribution in [3.8, 4) is 0 Å². The van der Waals surface area contributed by atoms with Crippen LogP contribution in [0.2, 0.25) is 0 Å². The molecule has 1 unspecified atom stereocenters. The van der Waals surface area contributed by atoms with Gasteiger partial charge in [0.2, 0.25) is 0 Å². The topological polar surface area (TPSA) is 21.3 Å². The zero-order valence-electron chi connectivity index (χ0n) is 10.0. The molecule has 0 saturated carbocycles. The van der Waals surface area contributed by atoms with Crippen molar-refractivity contribution in [2.45, 2.75) is 18.8 Å². The van der Waals surface area contributed by atoms with Gasteiger partial charge in [0, 0.05) is 20.3 Å². The molecule has 0 amide bonds. The minimum absolute atomic E-state index is 0.177. The molecule has 0 fully saturated rings. The van der Waals surface area contributed by atoms with E-state index in [0.717, 1.165) is 26.0 Å². The second kappa shape index (κ2) is 7.36. The fourth-order valence-corrected chi connectivity index (χ4v) is 1.84. The molecule has 0 heterocycles. The van der Waals surface area contributed by atoms with Gasteiger partial charge in [-0.15, -0.1) is 0 Å². The van der Waals surface area contributed by atoms with Crippen LogP contribution in [0.3, 0.4) is 0 Å². The lowest BCUT2D eigenvalue weighted by Gasteiger charge is -2.16. The lowest BCUT2D eigenvalue weighted by Crippen LogP contribution is -2.17. The van der Waals surface area contributed by atoms with Gasteiger partial charge in [0.05, 0.1) is 0 Å². The summed E-state index contributed by atoms with van der Waals surface area (Å²) in [5, 5.41) is 3.17. The molecule has 2 nitrogen and oxygen atoms in total. The highest BCUT2D eigenvalue weighted by atomic mass is 19.1. The van der Waals surface area contributed by atoms with Gasteiger partial charge in [0.15, 0.2) is 0 Å². The van der Waals surface area contributed by atoms with Gasteiger partial charge in [-0.05, 0) is 43.5 Å². The maximum Gasteiger partial charge on any atom is 0.123 e. The molecule has 0 radical (unpaired) electrons. The standard InChI is InChI=1S/C13H20FNO/c1-15-10-12(4-3-9-16-2)11-5-7-13(14)8-6-11/h5-8,12,15H,3-4,9-10H2,1-2H3. The predicted molar refractivity (Wildman–Crippen MR) is 64.2 cm³/mol. The van der Waals surface area contributed by atoms with Crippen LogP contribution in [0, 0.1) is 5.82 Å². The first kappa shape index (κ1) is 13.1. The Labute approximate surface area is 96.8 Å². The van der Waals surface area contributed by atoms with Crippen molar-refractivity contribution in [3.63, 3.8) is 0 Å². The monoisotopic (exact) mass is 225 g/mol. The van der Waals surface area contributed by atoms with E-state index >= 15 is 0 Å². The van der Waals surface area contributed by atoms with Crippen molar-refractivity contribution in [3.05, 3.63) is 35.6 Å². The summed E-state index contributed by atoms with van der Waals surface area (Å²) in [5.41, 5.74) is 1.19. The molecular formula is C13H20FNO. The van der Waals surface area contributed by atoms with Crippen molar-refractivity contribution in [1.82, 2.24) is 5.32 Å². The highest BCUT2D eigenvalue weighted by molar-refractivity contribution is 5.20. The molecule has 0 aliphatic rings. The fourth-order valence-electron chi connectivity index (χ4n) is 1.84. The van der Waals surface area contributed by atoms with E-state index in [9.17, 15) is 4.39 Å². The van der Waals surface area contributed by atoms with Crippen LogP contribution in [-0.2, 0) is 4.74 Å². The Bertz CT molecular complexity index is 286. The van der Waals surface area contributed by atoms with Crippen molar-refractivity contribution < 1.29 is 9.13 Å². The largest absolute Gasteiger partial charge is 0.385 e. The summed E-state index contributed by atoms with van der Waals surface area (Å²) in [4.78, 5) is 0. The molecule has 1 N–H and O–H groups in total. The van der Waals surface area contributed by atoms with E-state index in [1.165, 1.54) is 17.7 Å². The highest BCUT2D eigenvalue weighted by Crippen LogP contribution is 2.20. The number of hydrogen-bond acceptors (Lipinski definition) is 2. The number of benzene rings is 1. The van der Waals surface area contributed by atoms with Crippen LogP contribution in [0.5, 0.6) is 0 Å². The molecule has 0 spiro atoms. The third kappa shape index (κ3) is 4.29.